The quantitative estimate of drug-likeness (QED) is 0.464. The maximum atomic E-state index is 12.2. The van der Waals surface area contributed by atoms with E-state index in [1.165, 1.54) is 19.2 Å². The Morgan fingerprint density at radius 3 is 2.48 bits per heavy atom. The Balaban J connectivity index is 2.29. The first kappa shape index (κ1) is 14.4. The highest BCUT2D eigenvalue weighted by molar-refractivity contribution is 6.05. The van der Waals surface area contributed by atoms with Gasteiger partial charge in [-0.15, -0.1) is 0 Å². The molecule has 0 unspecified atom stereocenters. The fourth-order valence-corrected chi connectivity index (χ4v) is 1.92. The number of nitrogens with zero attached hydrogens (tertiary/aromatic N) is 2. The minimum atomic E-state index is -0.634. The molecule has 1 aliphatic heterocycles. The Labute approximate surface area is 118 Å². The smallest absolute Gasteiger partial charge is 0.310 e. The lowest BCUT2D eigenvalue weighted by atomic mass is 10.1. The van der Waals surface area contributed by atoms with Crippen LogP contribution in [0.1, 0.15) is 10.4 Å². The van der Waals surface area contributed by atoms with E-state index in [2.05, 4.69) is 5.32 Å². The number of methoxy groups -OCH3 is 1. The number of hydrogen-bond donors (Lipinski definition) is 1. The zero-order chi connectivity index (χ0) is 15.6. The number of benzene rings is 1. The zero-order valence-electron chi connectivity index (χ0n) is 11.0. The first-order chi connectivity index (χ1) is 9.92. The van der Waals surface area contributed by atoms with Crippen LogP contribution in [0.15, 0.2) is 18.2 Å². The van der Waals surface area contributed by atoms with E-state index in [4.69, 9.17) is 4.74 Å². The monoisotopic (exact) mass is 293 g/mol. The molecule has 0 saturated carbocycles. The second kappa shape index (κ2) is 5.57. The lowest BCUT2D eigenvalue weighted by Crippen LogP contribution is -2.53. The van der Waals surface area contributed by atoms with Crippen LogP contribution < -0.4 is 10.1 Å². The van der Waals surface area contributed by atoms with Crippen LogP contribution in [0.5, 0.6) is 5.75 Å². The van der Waals surface area contributed by atoms with Crippen molar-refractivity contribution in [3.05, 3.63) is 33.9 Å². The molecule has 1 saturated heterocycles. The maximum Gasteiger partial charge on any atom is 0.310 e. The van der Waals surface area contributed by atoms with Gasteiger partial charge in [0.1, 0.15) is 13.1 Å². The third-order valence-corrected chi connectivity index (χ3v) is 2.86. The lowest BCUT2D eigenvalue weighted by Gasteiger charge is -2.25. The van der Waals surface area contributed by atoms with Gasteiger partial charge in [-0.3, -0.25) is 29.8 Å². The van der Waals surface area contributed by atoms with Crippen LogP contribution in [0.2, 0.25) is 0 Å². The van der Waals surface area contributed by atoms with E-state index in [1.54, 1.807) is 0 Å². The molecule has 0 aliphatic carbocycles. The molecule has 1 aromatic rings. The van der Waals surface area contributed by atoms with Gasteiger partial charge in [0.15, 0.2) is 5.75 Å². The first-order valence-electron chi connectivity index (χ1n) is 5.86. The van der Waals surface area contributed by atoms with Gasteiger partial charge in [-0.25, -0.2) is 0 Å². The average Bonchev–Trinajstić information content (AvgIpc) is 2.44. The largest absolute Gasteiger partial charge is 0.490 e. The van der Waals surface area contributed by atoms with Crippen LogP contribution in [0, 0.1) is 10.1 Å². The summed E-state index contributed by atoms with van der Waals surface area (Å²) in [4.78, 5) is 45.9. The third kappa shape index (κ3) is 2.96. The number of carbonyl (C=O) groups is 3. The second-order valence-electron chi connectivity index (χ2n) is 4.28. The number of nitro groups is 1. The second-order valence-corrected chi connectivity index (χ2v) is 4.28. The summed E-state index contributed by atoms with van der Waals surface area (Å²) in [7, 11) is 1.24. The molecular formula is C12H11N3O6. The summed E-state index contributed by atoms with van der Waals surface area (Å²) >= 11 is 0. The molecular weight excluding hydrogens is 282 g/mol. The summed E-state index contributed by atoms with van der Waals surface area (Å²) in [6, 6.07) is 3.59. The van der Waals surface area contributed by atoms with Crippen molar-refractivity contribution >= 4 is 23.4 Å². The highest BCUT2D eigenvalue weighted by Gasteiger charge is 2.28. The molecule has 0 atom stereocenters. The van der Waals surface area contributed by atoms with Gasteiger partial charge in [0, 0.05) is 17.7 Å². The number of carbonyl (C=O) groups excluding carboxylic acids is 3. The lowest BCUT2D eigenvalue weighted by molar-refractivity contribution is -0.385. The van der Waals surface area contributed by atoms with Gasteiger partial charge in [-0.1, -0.05) is 0 Å². The molecule has 1 aromatic carbocycles. The molecule has 0 aromatic heterocycles. The number of hydrogen-bond acceptors (Lipinski definition) is 6. The maximum absolute atomic E-state index is 12.2. The van der Waals surface area contributed by atoms with Gasteiger partial charge in [-0.05, 0) is 6.07 Å². The first-order valence-corrected chi connectivity index (χ1v) is 5.86. The van der Waals surface area contributed by atoms with Crippen molar-refractivity contribution in [3.8, 4) is 5.75 Å². The minimum absolute atomic E-state index is 0.0707. The molecule has 21 heavy (non-hydrogen) atoms. The Morgan fingerprint density at radius 1 is 1.33 bits per heavy atom. The summed E-state index contributed by atoms with van der Waals surface area (Å²) in [5.74, 6) is -1.80. The molecule has 3 amide bonds. The van der Waals surface area contributed by atoms with E-state index in [-0.39, 0.29) is 30.1 Å². The van der Waals surface area contributed by atoms with E-state index in [0.29, 0.717) is 0 Å². The topological polar surface area (TPSA) is 119 Å². The van der Waals surface area contributed by atoms with Crippen molar-refractivity contribution in [2.45, 2.75) is 0 Å². The van der Waals surface area contributed by atoms with Crippen molar-refractivity contribution in [1.29, 1.82) is 0 Å². The molecule has 2 rings (SSSR count). The number of ether oxygens (including phenoxy) is 1. The van der Waals surface area contributed by atoms with Gasteiger partial charge >= 0.3 is 5.69 Å². The summed E-state index contributed by atoms with van der Waals surface area (Å²) in [5.41, 5.74) is -0.179. The van der Waals surface area contributed by atoms with Gasteiger partial charge in [-0.2, -0.15) is 0 Å². The predicted octanol–water partition coefficient (Wildman–Crippen LogP) is -0.298. The van der Waals surface area contributed by atoms with Crippen LogP contribution in [0.25, 0.3) is 0 Å². The van der Waals surface area contributed by atoms with E-state index in [9.17, 15) is 24.5 Å². The Morgan fingerprint density at radius 2 is 1.95 bits per heavy atom. The average molecular weight is 293 g/mol. The molecule has 110 valence electrons. The Hall–Kier alpha value is -2.97. The van der Waals surface area contributed by atoms with Crippen molar-refractivity contribution in [2.75, 3.05) is 20.2 Å². The SMILES string of the molecule is COc1cc(C(=O)N2CC(=O)NC(=O)C2)ccc1[N+](=O)[O-]. The molecule has 9 heteroatoms. The normalized spacial score (nSPS) is 14.6. The molecule has 9 nitrogen and oxygen atoms in total. The van der Waals surface area contributed by atoms with Crippen molar-refractivity contribution in [3.63, 3.8) is 0 Å². The van der Waals surface area contributed by atoms with Crippen LogP contribution in [0.4, 0.5) is 5.69 Å². The zero-order valence-corrected chi connectivity index (χ0v) is 11.0. The summed E-state index contributed by atoms with van der Waals surface area (Å²) in [5, 5.41) is 12.9. The van der Waals surface area contributed by atoms with Crippen molar-refractivity contribution < 1.29 is 24.0 Å². The van der Waals surface area contributed by atoms with E-state index >= 15 is 0 Å². The Bertz CT molecular complexity index is 626. The summed E-state index contributed by atoms with van der Waals surface area (Å²) < 4.78 is 4.87. The van der Waals surface area contributed by atoms with Crippen molar-refractivity contribution in [1.82, 2.24) is 10.2 Å². The molecule has 1 heterocycles. The predicted molar refractivity (Wildman–Crippen MR) is 68.7 cm³/mol. The minimum Gasteiger partial charge on any atom is -0.490 e. The van der Waals surface area contributed by atoms with Crippen LogP contribution in [-0.4, -0.2) is 47.7 Å². The number of rotatable bonds is 3. The van der Waals surface area contributed by atoms with Gasteiger partial charge in [0.25, 0.3) is 5.91 Å². The standard InChI is InChI=1S/C12H11N3O6/c1-21-9-4-7(2-3-8(9)15(19)20)12(18)14-5-10(16)13-11(17)6-14/h2-4H,5-6H2,1H3,(H,13,16,17). The Kier molecular flexibility index (Phi) is 3.83. The van der Waals surface area contributed by atoms with E-state index in [1.807, 2.05) is 0 Å². The summed E-state index contributed by atoms with van der Waals surface area (Å²) in [6.45, 7) is -0.492. The molecule has 0 radical (unpaired) electrons. The fraction of sp³-hybridized carbons (Fsp3) is 0.250. The number of amides is 3. The molecule has 0 spiro atoms. The number of imide groups is 1. The van der Waals surface area contributed by atoms with Gasteiger partial charge < -0.3 is 9.64 Å². The number of piperazine rings is 1. The van der Waals surface area contributed by atoms with E-state index in [0.717, 1.165) is 11.0 Å². The van der Waals surface area contributed by atoms with Crippen LogP contribution >= 0.6 is 0 Å². The molecule has 1 fully saturated rings. The highest BCUT2D eigenvalue weighted by atomic mass is 16.6. The molecule has 1 aliphatic rings. The van der Waals surface area contributed by atoms with Crippen LogP contribution in [0.3, 0.4) is 0 Å². The molecule has 0 bridgehead atoms. The molecule has 1 N–H and O–H groups in total. The van der Waals surface area contributed by atoms with Gasteiger partial charge in [0.2, 0.25) is 11.8 Å². The van der Waals surface area contributed by atoms with Gasteiger partial charge in [0.05, 0.1) is 12.0 Å². The van der Waals surface area contributed by atoms with E-state index < -0.39 is 22.6 Å². The fourth-order valence-electron chi connectivity index (χ4n) is 1.92. The number of nitrogens with one attached hydrogen (secondary N) is 1. The van der Waals surface area contributed by atoms with Crippen molar-refractivity contribution in [2.24, 2.45) is 0 Å². The van der Waals surface area contributed by atoms with Crippen LogP contribution in [-0.2, 0) is 9.59 Å². The third-order valence-electron chi connectivity index (χ3n) is 2.86. The highest BCUT2D eigenvalue weighted by Crippen LogP contribution is 2.28. The summed E-state index contributed by atoms with van der Waals surface area (Å²) in [6.07, 6.45) is 0. The number of nitro benzene ring substituents is 1.